The van der Waals surface area contributed by atoms with Crippen LogP contribution in [0.25, 0.3) is 0 Å². The Bertz CT molecular complexity index is 304. The van der Waals surface area contributed by atoms with Crippen molar-refractivity contribution in [1.82, 2.24) is 10.3 Å². The van der Waals surface area contributed by atoms with Crippen molar-refractivity contribution in [3.63, 3.8) is 0 Å². The lowest BCUT2D eigenvalue weighted by Gasteiger charge is -2.03. The number of hydrogen-bond donors (Lipinski definition) is 1. The molecule has 0 bridgehead atoms. The first-order chi connectivity index (χ1) is 6.22. The van der Waals surface area contributed by atoms with E-state index in [9.17, 15) is 4.79 Å². The molecule has 0 fully saturated rings. The van der Waals surface area contributed by atoms with Gasteiger partial charge in [0.2, 0.25) is 0 Å². The number of alkyl carbamates (subject to hydrolysis) is 1. The van der Waals surface area contributed by atoms with Gasteiger partial charge in [0.05, 0.1) is 0 Å². The standard InChI is InChI=1S/C8H9ClN2O2/c1-10-8(12)13-5-6-2-3-11-7(9)4-6/h2-4H,5H2,1H3,(H,10,12). The lowest BCUT2D eigenvalue weighted by atomic mass is 10.3. The fourth-order valence-electron chi connectivity index (χ4n) is 0.753. The van der Waals surface area contributed by atoms with Gasteiger partial charge in [0, 0.05) is 13.2 Å². The lowest BCUT2D eigenvalue weighted by Crippen LogP contribution is -2.18. The van der Waals surface area contributed by atoms with Gasteiger partial charge in [-0.05, 0) is 17.7 Å². The second kappa shape index (κ2) is 4.67. The number of aromatic nitrogens is 1. The van der Waals surface area contributed by atoms with Crippen LogP contribution in [0.5, 0.6) is 0 Å². The number of nitrogens with zero attached hydrogens (tertiary/aromatic N) is 1. The van der Waals surface area contributed by atoms with Gasteiger partial charge in [0.1, 0.15) is 11.8 Å². The molecule has 0 spiro atoms. The topological polar surface area (TPSA) is 51.2 Å². The second-order valence-corrected chi connectivity index (χ2v) is 2.70. The third-order valence-electron chi connectivity index (χ3n) is 1.37. The minimum atomic E-state index is -0.465. The summed E-state index contributed by atoms with van der Waals surface area (Å²) in [5.74, 6) is 0. The average molecular weight is 201 g/mol. The average Bonchev–Trinajstić information content (AvgIpc) is 2.14. The van der Waals surface area contributed by atoms with E-state index in [1.54, 1.807) is 18.3 Å². The Morgan fingerprint density at radius 1 is 1.77 bits per heavy atom. The van der Waals surface area contributed by atoms with Gasteiger partial charge in [-0.25, -0.2) is 9.78 Å². The van der Waals surface area contributed by atoms with E-state index >= 15 is 0 Å². The summed E-state index contributed by atoms with van der Waals surface area (Å²) in [6.45, 7) is 0.196. The van der Waals surface area contributed by atoms with Crippen molar-refractivity contribution in [2.45, 2.75) is 6.61 Å². The Balaban J connectivity index is 2.50. The maximum atomic E-state index is 10.7. The number of nitrogens with one attached hydrogen (secondary N) is 1. The number of halogens is 1. The molecule has 0 aliphatic heterocycles. The summed E-state index contributed by atoms with van der Waals surface area (Å²) < 4.78 is 4.80. The van der Waals surface area contributed by atoms with Crippen molar-refractivity contribution in [1.29, 1.82) is 0 Å². The van der Waals surface area contributed by atoms with Crippen molar-refractivity contribution in [2.75, 3.05) is 7.05 Å². The van der Waals surface area contributed by atoms with Crippen LogP contribution in [0, 0.1) is 0 Å². The third-order valence-corrected chi connectivity index (χ3v) is 1.57. The molecule has 5 heteroatoms. The highest BCUT2D eigenvalue weighted by Crippen LogP contribution is 2.07. The minimum Gasteiger partial charge on any atom is -0.445 e. The first kappa shape index (κ1) is 9.80. The Kier molecular flexibility index (Phi) is 3.52. The zero-order valence-electron chi connectivity index (χ0n) is 7.08. The van der Waals surface area contributed by atoms with E-state index in [2.05, 4.69) is 10.3 Å². The molecule has 0 saturated carbocycles. The van der Waals surface area contributed by atoms with Gasteiger partial charge >= 0.3 is 6.09 Å². The largest absolute Gasteiger partial charge is 0.445 e. The van der Waals surface area contributed by atoms with Crippen molar-refractivity contribution < 1.29 is 9.53 Å². The van der Waals surface area contributed by atoms with E-state index in [1.807, 2.05) is 0 Å². The molecule has 1 aromatic rings. The van der Waals surface area contributed by atoms with Gasteiger partial charge in [0.25, 0.3) is 0 Å². The number of hydrogen-bond acceptors (Lipinski definition) is 3. The van der Waals surface area contributed by atoms with Crippen LogP contribution < -0.4 is 5.32 Å². The Hall–Kier alpha value is -1.29. The molecule has 1 N–H and O–H groups in total. The summed E-state index contributed by atoms with van der Waals surface area (Å²) in [6.07, 6.45) is 1.10. The first-order valence-electron chi connectivity index (χ1n) is 3.67. The molecule has 0 aliphatic rings. The molecule has 1 aromatic heterocycles. The van der Waals surface area contributed by atoms with Gasteiger partial charge in [0.15, 0.2) is 0 Å². The van der Waals surface area contributed by atoms with Gasteiger partial charge in [-0.2, -0.15) is 0 Å². The van der Waals surface area contributed by atoms with E-state index in [0.29, 0.717) is 5.15 Å². The molecule has 0 aromatic carbocycles. The molecular formula is C8H9ClN2O2. The molecule has 1 amide bonds. The quantitative estimate of drug-likeness (QED) is 0.738. The SMILES string of the molecule is CNC(=O)OCc1ccnc(Cl)c1. The number of carbonyl (C=O) groups excluding carboxylic acids is 1. The Labute approximate surface area is 80.9 Å². The predicted molar refractivity (Wildman–Crippen MR) is 48.5 cm³/mol. The molecule has 0 atom stereocenters. The monoisotopic (exact) mass is 200 g/mol. The highest BCUT2D eigenvalue weighted by molar-refractivity contribution is 6.29. The zero-order valence-corrected chi connectivity index (χ0v) is 7.84. The van der Waals surface area contributed by atoms with Gasteiger partial charge in [-0.3, -0.25) is 0 Å². The van der Waals surface area contributed by atoms with Crippen LogP contribution in [0.3, 0.4) is 0 Å². The number of amides is 1. The fourth-order valence-corrected chi connectivity index (χ4v) is 0.950. The van der Waals surface area contributed by atoms with Crippen LogP contribution in [-0.2, 0) is 11.3 Å². The molecular weight excluding hydrogens is 192 g/mol. The Morgan fingerprint density at radius 2 is 2.54 bits per heavy atom. The van der Waals surface area contributed by atoms with Crippen LogP contribution in [0.4, 0.5) is 4.79 Å². The summed E-state index contributed by atoms with van der Waals surface area (Å²) in [5.41, 5.74) is 0.809. The van der Waals surface area contributed by atoms with Crippen molar-refractivity contribution in [3.05, 3.63) is 29.0 Å². The summed E-state index contributed by atoms with van der Waals surface area (Å²) in [7, 11) is 1.50. The maximum absolute atomic E-state index is 10.7. The van der Waals surface area contributed by atoms with Crippen LogP contribution >= 0.6 is 11.6 Å². The molecule has 13 heavy (non-hydrogen) atoms. The number of rotatable bonds is 2. The number of carbonyl (C=O) groups is 1. The normalized spacial score (nSPS) is 9.38. The predicted octanol–water partition coefficient (Wildman–Crippen LogP) is 1.59. The molecule has 0 aliphatic carbocycles. The van der Waals surface area contributed by atoms with Crippen LogP contribution in [0.15, 0.2) is 18.3 Å². The second-order valence-electron chi connectivity index (χ2n) is 2.31. The van der Waals surface area contributed by atoms with E-state index in [0.717, 1.165) is 5.56 Å². The lowest BCUT2D eigenvalue weighted by molar-refractivity contribution is 0.142. The smallest absolute Gasteiger partial charge is 0.407 e. The third kappa shape index (κ3) is 3.29. The molecule has 70 valence electrons. The van der Waals surface area contributed by atoms with E-state index < -0.39 is 6.09 Å². The summed E-state index contributed by atoms with van der Waals surface area (Å²) in [5, 5.41) is 2.73. The van der Waals surface area contributed by atoms with Gasteiger partial charge < -0.3 is 10.1 Å². The van der Waals surface area contributed by atoms with Gasteiger partial charge in [-0.15, -0.1) is 0 Å². The van der Waals surface area contributed by atoms with Crippen molar-refractivity contribution in [3.8, 4) is 0 Å². The molecule has 1 heterocycles. The molecule has 1 rings (SSSR count). The van der Waals surface area contributed by atoms with Crippen molar-refractivity contribution in [2.24, 2.45) is 0 Å². The first-order valence-corrected chi connectivity index (χ1v) is 4.05. The van der Waals surface area contributed by atoms with Crippen LogP contribution in [0.1, 0.15) is 5.56 Å². The molecule has 0 saturated heterocycles. The van der Waals surface area contributed by atoms with E-state index in [1.165, 1.54) is 7.05 Å². The number of pyridine rings is 1. The van der Waals surface area contributed by atoms with Gasteiger partial charge in [-0.1, -0.05) is 11.6 Å². The fraction of sp³-hybridized carbons (Fsp3) is 0.250. The van der Waals surface area contributed by atoms with Crippen LogP contribution in [-0.4, -0.2) is 18.1 Å². The number of ether oxygens (including phenoxy) is 1. The Morgan fingerprint density at radius 3 is 3.15 bits per heavy atom. The van der Waals surface area contributed by atoms with Crippen molar-refractivity contribution >= 4 is 17.7 Å². The summed E-state index contributed by atoms with van der Waals surface area (Å²) >= 11 is 5.63. The minimum absolute atomic E-state index is 0.196. The zero-order chi connectivity index (χ0) is 9.68. The van der Waals surface area contributed by atoms with E-state index in [4.69, 9.17) is 16.3 Å². The van der Waals surface area contributed by atoms with E-state index in [-0.39, 0.29) is 6.61 Å². The molecule has 0 radical (unpaired) electrons. The molecule has 0 unspecified atom stereocenters. The highest BCUT2D eigenvalue weighted by Gasteiger charge is 1.99. The van der Waals surface area contributed by atoms with Crippen LogP contribution in [0.2, 0.25) is 5.15 Å². The maximum Gasteiger partial charge on any atom is 0.407 e. The summed E-state index contributed by atoms with van der Waals surface area (Å²) in [4.78, 5) is 14.5. The molecule has 4 nitrogen and oxygen atoms in total. The highest BCUT2D eigenvalue weighted by atomic mass is 35.5. The summed E-state index contributed by atoms with van der Waals surface area (Å²) in [6, 6.07) is 3.37.